The number of ketones is 1. The first-order chi connectivity index (χ1) is 8.50. The highest BCUT2D eigenvalue weighted by atomic mass is 16.3. The van der Waals surface area contributed by atoms with Crippen molar-refractivity contribution in [1.29, 1.82) is 0 Å². The van der Waals surface area contributed by atoms with Crippen molar-refractivity contribution in [2.75, 3.05) is 0 Å². The number of phenols is 1. The zero-order valence-corrected chi connectivity index (χ0v) is 11.1. The molecule has 1 aromatic rings. The van der Waals surface area contributed by atoms with E-state index in [9.17, 15) is 9.90 Å². The molecule has 0 aromatic heterocycles. The Kier molecular flexibility index (Phi) is 2.51. The minimum Gasteiger partial charge on any atom is -0.508 e. The van der Waals surface area contributed by atoms with Gasteiger partial charge >= 0.3 is 0 Å². The van der Waals surface area contributed by atoms with Gasteiger partial charge in [-0.15, -0.1) is 0 Å². The summed E-state index contributed by atoms with van der Waals surface area (Å²) in [5, 5.41) is 9.97. The number of aromatic hydroxyl groups is 1. The summed E-state index contributed by atoms with van der Waals surface area (Å²) in [6.45, 7) is 4.23. The molecule has 96 valence electrons. The fourth-order valence-electron chi connectivity index (χ4n) is 3.81. The van der Waals surface area contributed by atoms with Crippen molar-refractivity contribution in [1.82, 2.24) is 0 Å². The second kappa shape index (κ2) is 3.84. The number of rotatable bonds is 0. The molecule has 1 saturated carbocycles. The molecule has 2 atom stereocenters. The van der Waals surface area contributed by atoms with Crippen molar-refractivity contribution in [3.63, 3.8) is 0 Å². The fraction of sp³-hybridized carbons (Fsp3) is 0.562. The van der Waals surface area contributed by atoms with Gasteiger partial charge in [-0.3, -0.25) is 4.79 Å². The standard InChI is InChI=1S/C16H20O2/c1-10-7-11-3-4-12-8-13(17)5-6-16(12,2)14(11)9-15(10)18/h7,9,12,18H,3-6,8H2,1-2H3/t12-,16+/m1/s1. The van der Waals surface area contributed by atoms with E-state index in [0.717, 1.165) is 31.2 Å². The van der Waals surface area contributed by atoms with Crippen molar-refractivity contribution in [2.24, 2.45) is 5.92 Å². The fourth-order valence-corrected chi connectivity index (χ4v) is 3.81. The zero-order chi connectivity index (χ0) is 12.9. The summed E-state index contributed by atoms with van der Waals surface area (Å²) < 4.78 is 0. The molecule has 0 amide bonds. The van der Waals surface area contributed by atoms with Gasteiger partial charge in [-0.25, -0.2) is 0 Å². The Bertz CT molecular complexity index is 518. The Morgan fingerprint density at radius 1 is 1.33 bits per heavy atom. The van der Waals surface area contributed by atoms with Gasteiger partial charge in [-0.1, -0.05) is 13.0 Å². The summed E-state index contributed by atoms with van der Waals surface area (Å²) in [4.78, 5) is 11.6. The van der Waals surface area contributed by atoms with Gasteiger partial charge in [0.05, 0.1) is 0 Å². The number of phenolic OH excluding ortho intramolecular Hbond substituents is 1. The number of hydrogen-bond donors (Lipinski definition) is 1. The van der Waals surface area contributed by atoms with Crippen molar-refractivity contribution in [3.8, 4) is 5.75 Å². The lowest BCUT2D eigenvalue weighted by molar-refractivity contribution is -0.123. The van der Waals surface area contributed by atoms with Gasteiger partial charge in [0.1, 0.15) is 11.5 Å². The minimum absolute atomic E-state index is 0.0900. The van der Waals surface area contributed by atoms with E-state index in [0.29, 0.717) is 23.9 Å². The molecule has 0 aliphatic heterocycles. The average Bonchev–Trinajstić information content (AvgIpc) is 2.33. The third kappa shape index (κ3) is 1.58. The van der Waals surface area contributed by atoms with Crippen LogP contribution < -0.4 is 0 Å². The quantitative estimate of drug-likeness (QED) is 0.760. The van der Waals surface area contributed by atoms with Crippen LogP contribution in [-0.2, 0) is 16.6 Å². The van der Waals surface area contributed by atoms with E-state index in [4.69, 9.17) is 0 Å². The van der Waals surface area contributed by atoms with Crippen LogP contribution in [0.15, 0.2) is 12.1 Å². The van der Waals surface area contributed by atoms with E-state index in [-0.39, 0.29) is 5.41 Å². The van der Waals surface area contributed by atoms with Gasteiger partial charge in [0, 0.05) is 12.8 Å². The number of carbonyl (C=O) groups is 1. The molecule has 0 saturated heterocycles. The minimum atomic E-state index is 0.0900. The smallest absolute Gasteiger partial charge is 0.133 e. The van der Waals surface area contributed by atoms with Crippen molar-refractivity contribution >= 4 is 5.78 Å². The van der Waals surface area contributed by atoms with Gasteiger partial charge in [0.25, 0.3) is 0 Å². The molecule has 2 aliphatic carbocycles. The lowest BCUT2D eigenvalue weighted by Crippen LogP contribution is -2.41. The van der Waals surface area contributed by atoms with E-state index >= 15 is 0 Å². The van der Waals surface area contributed by atoms with Crippen molar-refractivity contribution in [3.05, 3.63) is 28.8 Å². The molecular formula is C16H20O2. The van der Waals surface area contributed by atoms with Crippen LogP contribution in [0.5, 0.6) is 5.75 Å². The van der Waals surface area contributed by atoms with Gasteiger partial charge in [-0.2, -0.15) is 0 Å². The predicted octanol–water partition coefficient (Wildman–Crippen LogP) is 3.27. The molecular weight excluding hydrogens is 224 g/mol. The molecule has 0 bridgehead atoms. The van der Waals surface area contributed by atoms with Crippen molar-refractivity contribution in [2.45, 2.75) is 51.4 Å². The summed E-state index contributed by atoms with van der Waals surface area (Å²) in [6, 6.07) is 4.08. The van der Waals surface area contributed by atoms with Crippen LogP contribution in [0.2, 0.25) is 0 Å². The first kappa shape index (κ1) is 11.8. The number of hydrogen-bond acceptors (Lipinski definition) is 2. The molecule has 3 rings (SSSR count). The predicted molar refractivity (Wildman–Crippen MR) is 70.9 cm³/mol. The molecule has 1 aromatic carbocycles. The maximum absolute atomic E-state index is 11.6. The summed E-state index contributed by atoms with van der Waals surface area (Å²) in [7, 11) is 0. The highest BCUT2D eigenvalue weighted by Gasteiger charge is 2.44. The molecule has 1 N–H and O–H groups in total. The van der Waals surface area contributed by atoms with Gasteiger partial charge < -0.3 is 5.11 Å². The molecule has 0 unspecified atom stereocenters. The van der Waals surface area contributed by atoms with Crippen LogP contribution in [0.25, 0.3) is 0 Å². The molecule has 0 spiro atoms. The zero-order valence-electron chi connectivity index (χ0n) is 11.1. The van der Waals surface area contributed by atoms with E-state index in [1.54, 1.807) is 0 Å². The summed E-state index contributed by atoms with van der Waals surface area (Å²) in [5.41, 5.74) is 3.71. The highest BCUT2D eigenvalue weighted by molar-refractivity contribution is 5.80. The first-order valence-electron chi connectivity index (χ1n) is 6.85. The highest BCUT2D eigenvalue weighted by Crippen LogP contribution is 2.50. The number of fused-ring (bicyclic) bond motifs is 3. The maximum Gasteiger partial charge on any atom is 0.133 e. The second-order valence-electron chi connectivity index (χ2n) is 6.19. The molecule has 2 heteroatoms. The topological polar surface area (TPSA) is 37.3 Å². The van der Waals surface area contributed by atoms with E-state index in [1.165, 1.54) is 11.1 Å². The SMILES string of the molecule is Cc1cc2c(cc1O)[C@@]1(C)CCC(=O)C[C@H]1CC2. The molecule has 2 nitrogen and oxygen atoms in total. The lowest BCUT2D eigenvalue weighted by atomic mass is 9.58. The van der Waals surface area contributed by atoms with Gasteiger partial charge in [0.2, 0.25) is 0 Å². The van der Waals surface area contributed by atoms with Crippen LogP contribution in [-0.4, -0.2) is 10.9 Å². The Hall–Kier alpha value is -1.31. The number of aryl methyl sites for hydroxylation is 2. The van der Waals surface area contributed by atoms with Gasteiger partial charge in [-0.05, 0) is 60.3 Å². The van der Waals surface area contributed by atoms with Crippen LogP contribution in [0, 0.1) is 12.8 Å². The average molecular weight is 244 g/mol. The first-order valence-corrected chi connectivity index (χ1v) is 6.85. The monoisotopic (exact) mass is 244 g/mol. The van der Waals surface area contributed by atoms with Crippen molar-refractivity contribution < 1.29 is 9.90 Å². The van der Waals surface area contributed by atoms with Gasteiger partial charge in [0.15, 0.2) is 0 Å². The summed E-state index contributed by atoms with van der Waals surface area (Å²) in [5.74, 6) is 1.28. The van der Waals surface area contributed by atoms with Crippen LogP contribution in [0.4, 0.5) is 0 Å². The Morgan fingerprint density at radius 3 is 2.89 bits per heavy atom. The largest absolute Gasteiger partial charge is 0.508 e. The summed E-state index contributed by atoms with van der Waals surface area (Å²) >= 11 is 0. The molecule has 1 fully saturated rings. The molecule has 2 aliphatic rings. The van der Waals surface area contributed by atoms with E-state index < -0.39 is 0 Å². The third-order valence-electron chi connectivity index (χ3n) is 5.10. The lowest BCUT2D eigenvalue weighted by Gasteiger charge is -2.46. The number of carbonyl (C=O) groups excluding carboxylic acids is 1. The summed E-state index contributed by atoms with van der Waals surface area (Å²) in [6.07, 6.45) is 4.51. The molecule has 0 heterocycles. The van der Waals surface area contributed by atoms with E-state index in [1.807, 2.05) is 13.0 Å². The Balaban J connectivity index is 2.10. The third-order valence-corrected chi connectivity index (χ3v) is 5.10. The molecule has 0 radical (unpaired) electrons. The van der Waals surface area contributed by atoms with Crippen LogP contribution in [0.3, 0.4) is 0 Å². The van der Waals surface area contributed by atoms with E-state index in [2.05, 4.69) is 13.0 Å². The molecule has 18 heavy (non-hydrogen) atoms. The van der Waals surface area contributed by atoms with Crippen LogP contribution in [0.1, 0.15) is 49.3 Å². The second-order valence-corrected chi connectivity index (χ2v) is 6.19. The van der Waals surface area contributed by atoms with Crippen LogP contribution >= 0.6 is 0 Å². The Morgan fingerprint density at radius 2 is 2.11 bits per heavy atom. The normalized spacial score (nSPS) is 30.8. The Labute approximate surface area is 108 Å². The number of benzene rings is 1. The number of Topliss-reactive ketones (excluding diaryl/α,β-unsaturated/α-hetero) is 1. The maximum atomic E-state index is 11.6.